The standard InChI is InChI=1S/C38H49F4N3O4S/c1-49-35(46)19-27-5-2-8-34(27)38(26-43-15-4-16-43,29-6-3-7-30(39)20-29)28-13-17-44(18-14-28)23-36(40)24-45(25-36)31-9-11-32(12-10-31)50(47,48)33-21-37(41,42)22-33/h3,6-7,9-12,20,27-28,33-34H,2,4-5,8,13-19,21-26H2,1H3/t27-,34+,38+/m1/s1. The van der Waals surface area contributed by atoms with Gasteiger partial charge in [0, 0.05) is 43.5 Å². The molecular weight excluding hydrogens is 670 g/mol. The molecule has 0 N–H and O–H groups in total. The molecule has 12 heteroatoms. The van der Waals surface area contributed by atoms with Crippen molar-refractivity contribution >= 4 is 21.5 Å². The highest BCUT2D eigenvalue weighted by molar-refractivity contribution is 7.92. The van der Waals surface area contributed by atoms with Crippen molar-refractivity contribution in [3.8, 4) is 0 Å². The first-order valence-corrected chi connectivity index (χ1v) is 19.8. The Kier molecular flexibility index (Phi) is 9.77. The van der Waals surface area contributed by atoms with Gasteiger partial charge < -0.3 is 14.5 Å². The molecule has 0 bridgehead atoms. The van der Waals surface area contributed by atoms with Crippen LogP contribution < -0.4 is 4.90 Å². The van der Waals surface area contributed by atoms with Crippen molar-refractivity contribution in [2.24, 2.45) is 17.8 Å². The van der Waals surface area contributed by atoms with Crippen LogP contribution in [0.25, 0.3) is 0 Å². The number of ether oxygens (including phenoxy) is 1. The van der Waals surface area contributed by atoms with E-state index >= 15 is 4.39 Å². The van der Waals surface area contributed by atoms with Crippen molar-refractivity contribution < 1.29 is 35.5 Å². The van der Waals surface area contributed by atoms with Crippen LogP contribution in [0.4, 0.5) is 23.2 Å². The van der Waals surface area contributed by atoms with Crippen LogP contribution in [0, 0.1) is 23.6 Å². The molecule has 3 aliphatic heterocycles. The lowest BCUT2D eigenvalue weighted by atomic mass is 9.56. The van der Waals surface area contributed by atoms with E-state index in [1.807, 2.05) is 11.0 Å². The summed E-state index contributed by atoms with van der Waals surface area (Å²) in [4.78, 5) is 19.1. The lowest BCUT2D eigenvalue weighted by molar-refractivity contribution is -0.142. The van der Waals surface area contributed by atoms with Gasteiger partial charge >= 0.3 is 5.97 Å². The summed E-state index contributed by atoms with van der Waals surface area (Å²) in [5, 5.41) is -1.07. The summed E-state index contributed by atoms with van der Waals surface area (Å²) >= 11 is 0. The molecule has 0 spiro atoms. The molecule has 2 aliphatic carbocycles. The second-order valence-electron chi connectivity index (χ2n) is 15.7. The fourth-order valence-corrected chi connectivity index (χ4v) is 11.7. The van der Waals surface area contributed by atoms with Gasteiger partial charge in [0.15, 0.2) is 15.5 Å². The van der Waals surface area contributed by atoms with E-state index in [0.717, 1.165) is 76.8 Å². The highest BCUT2D eigenvalue weighted by atomic mass is 32.2. The summed E-state index contributed by atoms with van der Waals surface area (Å²) < 4.78 is 88.2. The third-order valence-electron chi connectivity index (χ3n) is 12.6. The topological polar surface area (TPSA) is 70.2 Å². The third-order valence-corrected chi connectivity index (χ3v) is 14.7. The van der Waals surface area contributed by atoms with Crippen molar-refractivity contribution in [3.63, 3.8) is 0 Å². The average Bonchev–Trinajstić information content (AvgIpc) is 3.51. The van der Waals surface area contributed by atoms with Crippen molar-refractivity contribution in [2.75, 3.05) is 64.4 Å². The molecule has 0 amide bonds. The predicted molar refractivity (Wildman–Crippen MR) is 183 cm³/mol. The third kappa shape index (κ3) is 6.93. The fraction of sp³-hybridized carbons (Fsp3) is 0.658. The number of methoxy groups -OCH3 is 1. The number of sulfone groups is 1. The minimum atomic E-state index is -3.82. The Bertz CT molecular complexity index is 1630. The molecule has 0 aromatic heterocycles. The number of hydrogen-bond donors (Lipinski definition) is 0. The molecule has 2 aromatic carbocycles. The van der Waals surface area contributed by atoms with Crippen LogP contribution in [0.2, 0.25) is 0 Å². The second-order valence-corrected chi connectivity index (χ2v) is 18.0. The highest BCUT2D eigenvalue weighted by Crippen LogP contribution is 2.54. The molecule has 50 heavy (non-hydrogen) atoms. The van der Waals surface area contributed by atoms with E-state index < -0.39 is 39.5 Å². The van der Waals surface area contributed by atoms with E-state index in [1.165, 1.54) is 25.3 Å². The van der Waals surface area contributed by atoms with Gasteiger partial charge in [0.25, 0.3) is 5.92 Å². The van der Waals surface area contributed by atoms with E-state index in [-0.39, 0.29) is 52.9 Å². The molecule has 2 aromatic rings. The minimum Gasteiger partial charge on any atom is -0.469 e. The second kappa shape index (κ2) is 13.7. The van der Waals surface area contributed by atoms with Gasteiger partial charge in [-0.1, -0.05) is 18.6 Å². The number of esters is 1. The molecule has 3 saturated heterocycles. The Labute approximate surface area is 293 Å². The molecule has 5 aliphatic rings. The van der Waals surface area contributed by atoms with Gasteiger partial charge in [0.05, 0.1) is 30.3 Å². The summed E-state index contributed by atoms with van der Waals surface area (Å²) in [5.41, 5.74) is -0.0166. The zero-order valence-corrected chi connectivity index (χ0v) is 29.7. The Balaban J connectivity index is 1.02. The van der Waals surface area contributed by atoms with Gasteiger partial charge in [-0.2, -0.15) is 0 Å². The zero-order valence-electron chi connectivity index (χ0n) is 28.8. The van der Waals surface area contributed by atoms with E-state index in [0.29, 0.717) is 18.7 Å². The smallest absolute Gasteiger partial charge is 0.305 e. The Morgan fingerprint density at radius 1 is 0.920 bits per heavy atom. The Morgan fingerprint density at radius 3 is 2.22 bits per heavy atom. The summed E-state index contributed by atoms with van der Waals surface area (Å²) in [6.45, 7) is 5.00. The number of likely N-dealkylation sites (tertiary alicyclic amines) is 2. The minimum absolute atomic E-state index is 0.0225. The number of alkyl halides is 3. The maximum atomic E-state index is 16.1. The molecule has 0 unspecified atom stereocenters. The lowest BCUT2D eigenvalue weighted by Gasteiger charge is -2.54. The van der Waals surface area contributed by atoms with Crippen LogP contribution in [0.1, 0.15) is 63.4 Å². The first-order valence-electron chi connectivity index (χ1n) is 18.2. The largest absolute Gasteiger partial charge is 0.469 e. The van der Waals surface area contributed by atoms with Gasteiger partial charge in [-0.25, -0.2) is 26.0 Å². The molecule has 3 atom stereocenters. The summed E-state index contributed by atoms with van der Waals surface area (Å²) in [7, 11) is -2.39. The number of carbonyl (C=O) groups is 1. The monoisotopic (exact) mass is 719 g/mol. The number of halogens is 4. The summed E-state index contributed by atoms with van der Waals surface area (Å²) in [5.74, 6) is -2.74. The van der Waals surface area contributed by atoms with E-state index in [2.05, 4.69) is 15.9 Å². The maximum absolute atomic E-state index is 16.1. The number of hydrogen-bond acceptors (Lipinski definition) is 7. The number of nitrogens with zero attached hydrogens (tertiary/aromatic N) is 3. The van der Waals surface area contributed by atoms with Crippen LogP contribution in [0.3, 0.4) is 0 Å². The average molecular weight is 720 g/mol. The molecule has 5 fully saturated rings. The van der Waals surface area contributed by atoms with Gasteiger partial charge in [0.1, 0.15) is 5.82 Å². The SMILES string of the molecule is COC(=O)C[C@H]1CCC[C@@H]1[C@](CN1CCC1)(c1cccc(F)c1)C1CCN(CC2(F)CN(c3ccc(S(=O)(=O)C4CC(F)(F)C4)cc3)C2)CC1. The predicted octanol–water partition coefficient (Wildman–Crippen LogP) is 6.26. The number of piperidine rings is 1. The van der Waals surface area contributed by atoms with Crippen molar-refractivity contribution in [3.05, 3.63) is 59.9 Å². The molecule has 7 nitrogen and oxygen atoms in total. The summed E-state index contributed by atoms with van der Waals surface area (Å²) in [6.07, 6.45) is 4.90. The first kappa shape index (κ1) is 35.7. The summed E-state index contributed by atoms with van der Waals surface area (Å²) in [6, 6.07) is 13.3. The highest BCUT2D eigenvalue weighted by Gasteiger charge is 2.54. The van der Waals surface area contributed by atoms with Crippen LogP contribution in [0.15, 0.2) is 53.4 Å². The van der Waals surface area contributed by atoms with Crippen molar-refractivity contribution in [1.82, 2.24) is 9.80 Å². The first-order chi connectivity index (χ1) is 23.8. The van der Waals surface area contributed by atoms with Crippen LogP contribution >= 0.6 is 0 Å². The van der Waals surface area contributed by atoms with Crippen LogP contribution in [-0.4, -0.2) is 100 Å². The molecule has 7 rings (SSSR count). The molecule has 0 radical (unpaired) electrons. The molecule has 3 heterocycles. The van der Waals surface area contributed by atoms with Gasteiger partial charge in [-0.3, -0.25) is 9.69 Å². The normalized spacial score (nSPS) is 27.2. The molecular formula is C38H49F4N3O4S. The van der Waals surface area contributed by atoms with E-state index in [1.54, 1.807) is 18.2 Å². The van der Waals surface area contributed by atoms with E-state index in [4.69, 9.17) is 4.74 Å². The maximum Gasteiger partial charge on any atom is 0.305 e. The lowest BCUT2D eigenvalue weighted by Crippen LogP contribution is -2.64. The zero-order chi connectivity index (χ0) is 35.3. The van der Waals surface area contributed by atoms with Crippen LogP contribution in [0.5, 0.6) is 0 Å². The van der Waals surface area contributed by atoms with Gasteiger partial charge in [0.2, 0.25) is 0 Å². The Morgan fingerprint density at radius 2 is 1.62 bits per heavy atom. The van der Waals surface area contributed by atoms with Crippen molar-refractivity contribution in [2.45, 2.75) is 84.9 Å². The number of carbonyl (C=O) groups excluding carboxylic acids is 1. The molecule has 274 valence electrons. The van der Waals surface area contributed by atoms with Gasteiger partial charge in [-0.15, -0.1) is 0 Å². The van der Waals surface area contributed by atoms with Crippen LogP contribution in [-0.2, 0) is 24.8 Å². The Hall–Kier alpha value is -2.70. The van der Waals surface area contributed by atoms with E-state index in [9.17, 15) is 26.4 Å². The number of benzene rings is 2. The molecule has 2 saturated carbocycles. The quantitative estimate of drug-likeness (QED) is 0.190. The number of rotatable bonds is 12. The number of anilines is 1. The van der Waals surface area contributed by atoms with Gasteiger partial charge in [-0.05, 0) is 118 Å². The van der Waals surface area contributed by atoms with Crippen molar-refractivity contribution in [1.29, 1.82) is 0 Å². The fourth-order valence-electron chi connectivity index (χ4n) is 9.83.